The number of rotatable bonds is 0. The van der Waals surface area contributed by atoms with Crippen LogP contribution in [0.25, 0.3) is 0 Å². The topological polar surface area (TPSA) is 50.9 Å². The summed E-state index contributed by atoms with van der Waals surface area (Å²) in [5.74, 6) is 0. The molecule has 0 spiro atoms. The molecule has 98 valence electrons. The van der Waals surface area contributed by atoms with E-state index in [2.05, 4.69) is 10.3 Å². The van der Waals surface area contributed by atoms with Gasteiger partial charge in [-0.2, -0.15) is 13.2 Å². The smallest absolute Gasteiger partial charge is 0.397 e. The molecular formula is C12H8F3N3S. The molecular weight excluding hydrogens is 275 g/mol. The van der Waals surface area contributed by atoms with E-state index in [1.54, 1.807) is 18.5 Å². The van der Waals surface area contributed by atoms with E-state index in [1.165, 1.54) is 11.8 Å². The molecule has 0 fully saturated rings. The molecule has 0 radical (unpaired) electrons. The Kier molecular flexibility index (Phi) is 2.60. The molecule has 0 bridgehead atoms. The van der Waals surface area contributed by atoms with Crippen LogP contribution in [0.2, 0.25) is 0 Å². The third-order valence-electron chi connectivity index (χ3n) is 2.72. The van der Waals surface area contributed by atoms with E-state index >= 15 is 0 Å². The summed E-state index contributed by atoms with van der Waals surface area (Å²) in [6.07, 6.45) is -1.19. The molecule has 7 heteroatoms. The van der Waals surface area contributed by atoms with Gasteiger partial charge in [0.05, 0.1) is 27.5 Å². The average Bonchev–Trinajstić information content (AvgIpc) is 2.35. The summed E-state index contributed by atoms with van der Waals surface area (Å²) in [5.41, 5.74) is 6.34. The monoisotopic (exact) mass is 283 g/mol. The number of aromatic nitrogens is 1. The van der Waals surface area contributed by atoms with Crippen LogP contribution < -0.4 is 11.1 Å². The summed E-state index contributed by atoms with van der Waals surface area (Å²) in [5, 5.41) is 3.03. The van der Waals surface area contributed by atoms with Crippen molar-refractivity contribution < 1.29 is 13.2 Å². The van der Waals surface area contributed by atoms with E-state index in [4.69, 9.17) is 5.73 Å². The number of hydrogen-bond donors (Lipinski definition) is 2. The second-order valence-electron chi connectivity index (χ2n) is 4.04. The van der Waals surface area contributed by atoms with Crippen LogP contribution in [0, 0.1) is 0 Å². The van der Waals surface area contributed by atoms with Gasteiger partial charge in [0.2, 0.25) is 0 Å². The van der Waals surface area contributed by atoms with Crippen LogP contribution in [-0.2, 0) is 6.18 Å². The lowest BCUT2D eigenvalue weighted by molar-refractivity contribution is -0.137. The first-order valence-corrected chi connectivity index (χ1v) is 6.16. The van der Waals surface area contributed by atoms with Gasteiger partial charge in [-0.3, -0.25) is 4.98 Å². The molecule has 0 unspecified atom stereocenters. The Morgan fingerprint density at radius 1 is 1.21 bits per heavy atom. The Morgan fingerprint density at radius 2 is 2.00 bits per heavy atom. The number of pyridine rings is 1. The molecule has 19 heavy (non-hydrogen) atoms. The Balaban J connectivity index is 2.11. The SMILES string of the molecule is Nc1cc(C(F)(F)F)cc2c1Nc1ccncc1S2. The van der Waals surface area contributed by atoms with Crippen molar-refractivity contribution in [3.8, 4) is 0 Å². The van der Waals surface area contributed by atoms with Crippen molar-refractivity contribution in [3.05, 3.63) is 36.2 Å². The highest BCUT2D eigenvalue weighted by molar-refractivity contribution is 7.99. The number of benzene rings is 1. The highest BCUT2D eigenvalue weighted by Gasteiger charge is 2.33. The van der Waals surface area contributed by atoms with E-state index in [9.17, 15) is 13.2 Å². The molecule has 0 aliphatic carbocycles. The molecule has 3 nitrogen and oxygen atoms in total. The van der Waals surface area contributed by atoms with E-state index in [1.807, 2.05) is 0 Å². The Morgan fingerprint density at radius 3 is 2.74 bits per heavy atom. The summed E-state index contributed by atoms with van der Waals surface area (Å²) < 4.78 is 38.2. The van der Waals surface area contributed by atoms with Gasteiger partial charge in [0.15, 0.2) is 0 Å². The van der Waals surface area contributed by atoms with Gasteiger partial charge in [0, 0.05) is 17.3 Å². The van der Waals surface area contributed by atoms with E-state index in [0.717, 1.165) is 22.7 Å². The van der Waals surface area contributed by atoms with Crippen molar-refractivity contribution in [1.29, 1.82) is 0 Å². The minimum atomic E-state index is -4.40. The number of nitrogen functional groups attached to an aromatic ring is 1. The lowest BCUT2D eigenvalue weighted by Gasteiger charge is -2.23. The number of alkyl halides is 3. The Labute approximate surface area is 111 Å². The maximum atomic E-state index is 12.7. The summed E-state index contributed by atoms with van der Waals surface area (Å²) in [6, 6.07) is 3.79. The van der Waals surface area contributed by atoms with E-state index < -0.39 is 11.7 Å². The van der Waals surface area contributed by atoms with Crippen LogP contribution >= 0.6 is 11.8 Å². The molecule has 2 heterocycles. The molecule has 3 rings (SSSR count). The second-order valence-corrected chi connectivity index (χ2v) is 5.12. The maximum Gasteiger partial charge on any atom is 0.416 e. The minimum Gasteiger partial charge on any atom is -0.397 e. The summed E-state index contributed by atoms with van der Waals surface area (Å²) in [7, 11) is 0. The van der Waals surface area contributed by atoms with Crippen molar-refractivity contribution in [3.63, 3.8) is 0 Å². The second kappa shape index (κ2) is 4.06. The third kappa shape index (κ3) is 2.10. The summed E-state index contributed by atoms with van der Waals surface area (Å²) in [4.78, 5) is 5.17. The lowest BCUT2D eigenvalue weighted by atomic mass is 10.1. The van der Waals surface area contributed by atoms with Crippen molar-refractivity contribution in [2.45, 2.75) is 16.0 Å². The van der Waals surface area contributed by atoms with Gasteiger partial charge in [0.1, 0.15) is 0 Å². The van der Waals surface area contributed by atoms with Crippen LogP contribution in [0.3, 0.4) is 0 Å². The Hall–Kier alpha value is -1.89. The van der Waals surface area contributed by atoms with Gasteiger partial charge in [0.25, 0.3) is 0 Å². The maximum absolute atomic E-state index is 12.7. The third-order valence-corrected chi connectivity index (χ3v) is 3.81. The van der Waals surface area contributed by atoms with Crippen LogP contribution in [0.5, 0.6) is 0 Å². The fourth-order valence-corrected chi connectivity index (χ4v) is 2.87. The molecule has 0 amide bonds. The largest absolute Gasteiger partial charge is 0.416 e. The highest BCUT2D eigenvalue weighted by atomic mass is 32.2. The van der Waals surface area contributed by atoms with Crippen molar-refractivity contribution in [2.75, 3.05) is 11.1 Å². The van der Waals surface area contributed by atoms with Gasteiger partial charge in [-0.15, -0.1) is 0 Å². The predicted molar refractivity (Wildman–Crippen MR) is 67.5 cm³/mol. The zero-order valence-corrected chi connectivity index (χ0v) is 10.3. The van der Waals surface area contributed by atoms with Crippen molar-refractivity contribution >= 4 is 28.8 Å². The highest BCUT2D eigenvalue weighted by Crippen LogP contribution is 2.48. The van der Waals surface area contributed by atoms with Crippen molar-refractivity contribution in [2.24, 2.45) is 0 Å². The number of nitrogens with one attached hydrogen (secondary N) is 1. The molecule has 3 N–H and O–H groups in total. The number of hydrogen-bond acceptors (Lipinski definition) is 4. The number of fused-ring (bicyclic) bond motifs is 2. The molecule has 0 atom stereocenters. The Bertz CT molecular complexity index is 655. The standard InChI is InChI=1S/C12H8F3N3S/c13-12(14,15)6-3-7(16)11-9(4-6)19-10-5-17-2-1-8(10)18-11/h1-5,18H,16H2. The number of nitrogens with two attached hydrogens (primary N) is 1. The fraction of sp³-hybridized carbons (Fsp3) is 0.0833. The van der Waals surface area contributed by atoms with Gasteiger partial charge in [-0.25, -0.2) is 0 Å². The number of nitrogens with zero attached hydrogens (tertiary/aromatic N) is 1. The lowest BCUT2D eigenvalue weighted by Crippen LogP contribution is -2.09. The van der Waals surface area contributed by atoms with Crippen LogP contribution in [0.15, 0.2) is 40.4 Å². The molecule has 1 aliphatic heterocycles. The summed E-state index contributed by atoms with van der Waals surface area (Å²) >= 11 is 1.22. The van der Waals surface area contributed by atoms with Crippen LogP contribution in [0.4, 0.5) is 30.2 Å². The minimum absolute atomic E-state index is 0.0831. The normalized spacial score (nSPS) is 13.4. The van der Waals surface area contributed by atoms with E-state index in [-0.39, 0.29) is 5.69 Å². The zero-order chi connectivity index (χ0) is 13.6. The fourth-order valence-electron chi connectivity index (χ4n) is 1.83. The van der Waals surface area contributed by atoms with Crippen LogP contribution in [-0.4, -0.2) is 4.98 Å². The molecule has 1 aromatic heterocycles. The summed E-state index contributed by atoms with van der Waals surface area (Å²) in [6.45, 7) is 0. The quantitative estimate of drug-likeness (QED) is 0.614. The van der Waals surface area contributed by atoms with Crippen LogP contribution in [0.1, 0.15) is 5.56 Å². The van der Waals surface area contributed by atoms with Gasteiger partial charge >= 0.3 is 6.18 Å². The molecule has 0 saturated heterocycles. The first-order valence-electron chi connectivity index (χ1n) is 5.35. The predicted octanol–water partition coefficient (Wildman–Crippen LogP) is 3.89. The number of halogens is 3. The molecule has 1 aliphatic rings. The molecule has 2 aromatic rings. The number of anilines is 3. The molecule has 0 saturated carbocycles. The molecule has 1 aromatic carbocycles. The zero-order valence-electron chi connectivity index (χ0n) is 9.45. The first-order chi connectivity index (χ1) is 8.95. The van der Waals surface area contributed by atoms with Gasteiger partial charge in [-0.1, -0.05) is 11.8 Å². The van der Waals surface area contributed by atoms with E-state index in [0.29, 0.717) is 10.6 Å². The van der Waals surface area contributed by atoms with Gasteiger partial charge < -0.3 is 11.1 Å². The van der Waals surface area contributed by atoms with Gasteiger partial charge in [-0.05, 0) is 18.2 Å². The first kappa shape index (κ1) is 12.2. The average molecular weight is 283 g/mol. The van der Waals surface area contributed by atoms with Crippen molar-refractivity contribution in [1.82, 2.24) is 4.98 Å².